The lowest BCUT2D eigenvalue weighted by Gasteiger charge is -2.38. The third-order valence-corrected chi connectivity index (χ3v) is 4.32. The topological polar surface area (TPSA) is 97.2 Å². The zero-order chi connectivity index (χ0) is 17.4. The number of hydrogen-bond donors (Lipinski definition) is 0. The molecule has 9 nitrogen and oxygen atoms in total. The largest absolute Gasteiger partial charge is 0.353 e. The molecule has 1 unspecified atom stereocenters. The average Bonchev–Trinajstić information content (AvgIpc) is 3.24. The Morgan fingerprint density at radius 1 is 1.08 bits per heavy atom. The van der Waals surface area contributed by atoms with Crippen LogP contribution in [-0.2, 0) is 0 Å². The molecule has 0 saturated carbocycles. The van der Waals surface area contributed by atoms with E-state index in [1.54, 1.807) is 13.1 Å². The highest BCUT2D eigenvalue weighted by atomic mass is 16.5. The molecule has 1 saturated heterocycles. The van der Waals surface area contributed by atoms with Crippen LogP contribution in [0.25, 0.3) is 11.5 Å². The first-order chi connectivity index (χ1) is 12.1. The smallest absolute Gasteiger partial charge is 0.261 e. The van der Waals surface area contributed by atoms with Gasteiger partial charge in [-0.05, 0) is 33.0 Å². The van der Waals surface area contributed by atoms with E-state index in [1.807, 2.05) is 19.1 Å². The fourth-order valence-electron chi connectivity index (χ4n) is 3.00. The van der Waals surface area contributed by atoms with Crippen LogP contribution < -0.4 is 4.90 Å². The minimum absolute atomic E-state index is 0.00854. The molecule has 3 aromatic rings. The number of nitrogens with zero attached hydrogens (tertiary/aromatic N) is 7. The summed E-state index contributed by atoms with van der Waals surface area (Å²) in [7, 11) is 2.06. The molecule has 0 bridgehead atoms. The molecule has 1 aliphatic rings. The maximum absolute atomic E-state index is 5.39. The molecule has 130 valence electrons. The molecule has 0 aromatic carbocycles. The highest BCUT2D eigenvalue weighted by molar-refractivity contribution is 5.69. The van der Waals surface area contributed by atoms with Gasteiger partial charge in [-0.1, -0.05) is 10.3 Å². The summed E-state index contributed by atoms with van der Waals surface area (Å²) in [5.41, 5.74) is 0.827. The normalized spacial score (nSPS) is 18.7. The molecule has 0 aliphatic carbocycles. The molecule has 0 spiro atoms. The van der Waals surface area contributed by atoms with E-state index in [4.69, 9.17) is 9.05 Å². The summed E-state index contributed by atoms with van der Waals surface area (Å²) in [5.74, 6) is 3.16. The fourth-order valence-corrected chi connectivity index (χ4v) is 3.00. The molecule has 3 aromatic heterocycles. The van der Waals surface area contributed by atoms with Gasteiger partial charge < -0.3 is 13.9 Å². The van der Waals surface area contributed by atoms with Crippen molar-refractivity contribution in [1.82, 2.24) is 30.2 Å². The Hall–Kier alpha value is -2.81. The van der Waals surface area contributed by atoms with Crippen molar-refractivity contribution in [2.75, 3.05) is 31.6 Å². The maximum atomic E-state index is 5.39. The SMILES string of the molecule is Cc1noc(-c2cccnc2N2CCN(C)C(c3nc(C)no3)C2)n1. The Morgan fingerprint density at radius 2 is 1.88 bits per heavy atom. The average molecular weight is 341 g/mol. The molecule has 1 fully saturated rings. The van der Waals surface area contributed by atoms with Gasteiger partial charge in [0.15, 0.2) is 11.6 Å². The molecular weight excluding hydrogens is 322 g/mol. The number of rotatable bonds is 3. The third kappa shape index (κ3) is 2.98. The Kier molecular flexibility index (Phi) is 3.92. The second-order valence-electron chi connectivity index (χ2n) is 6.14. The van der Waals surface area contributed by atoms with Gasteiger partial charge in [0, 0.05) is 25.8 Å². The lowest BCUT2D eigenvalue weighted by molar-refractivity contribution is 0.177. The molecule has 4 rings (SSSR count). The summed E-state index contributed by atoms with van der Waals surface area (Å²) in [4.78, 5) is 17.7. The first-order valence-electron chi connectivity index (χ1n) is 8.13. The number of aromatic nitrogens is 5. The van der Waals surface area contributed by atoms with Crippen LogP contribution in [0.4, 0.5) is 5.82 Å². The van der Waals surface area contributed by atoms with E-state index in [1.165, 1.54) is 0 Å². The Morgan fingerprint density at radius 3 is 2.60 bits per heavy atom. The third-order valence-electron chi connectivity index (χ3n) is 4.32. The van der Waals surface area contributed by atoms with Gasteiger partial charge in [0.2, 0.25) is 5.89 Å². The number of aryl methyl sites for hydroxylation is 2. The van der Waals surface area contributed by atoms with Gasteiger partial charge >= 0.3 is 0 Å². The van der Waals surface area contributed by atoms with Crippen LogP contribution in [0.15, 0.2) is 27.4 Å². The minimum Gasteiger partial charge on any atom is -0.353 e. The molecule has 4 heterocycles. The summed E-state index contributed by atoms with van der Waals surface area (Å²) in [6.07, 6.45) is 1.77. The second kappa shape index (κ2) is 6.25. The molecule has 1 atom stereocenters. The van der Waals surface area contributed by atoms with Gasteiger partial charge in [0.1, 0.15) is 11.9 Å². The van der Waals surface area contributed by atoms with E-state index in [-0.39, 0.29) is 6.04 Å². The lowest BCUT2D eigenvalue weighted by atomic mass is 10.1. The Labute approximate surface area is 144 Å². The van der Waals surface area contributed by atoms with Crippen molar-refractivity contribution in [3.63, 3.8) is 0 Å². The van der Waals surface area contributed by atoms with Crippen molar-refractivity contribution in [2.24, 2.45) is 0 Å². The molecule has 0 N–H and O–H groups in total. The predicted molar refractivity (Wildman–Crippen MR) is 88.9 cm³/mol. The van der Waals surface area contributed by atoms with Gasteiger partial charge in [-0.25, -0.2) is 4.98 Å². The quantitative estimate of drug-likeness (QED) is 0.704. The van der Waals surface area contributed by atoms with Gasteiger partial charge in [-0.15, -0.1) is 0 Å². The number of pyridine rings is 1. The molecule has 0 amide bonds. The first kappa shape index (κ1) is 15.7. The van der Waals surface area contributed by atoms with Crippen molar-refractivity contribution < 1.29 is 9.05 Å². The van der Waals surface area contributed by atoms with Gasteiger partial charge in [-0.3, -0.25) is 4.90 Å². The minimum atomic E-state index is 0.00854. The van der Waals surface area contributed by atoms with Crippen LogP contribution in [0.5, 0.6) is 0 Å². The molecule has 1 aliphatic heterocycles. The first-order valence-corrected chi connectivity index (χ1v) is 8.13. The van der Waals surface area contributed by atoms with Gasteiger partial charge in [0.05, 0.1) is 5.56 Å². The predicted octanol–water partition coefficient (Wildman–Crippen LogP) is 1.62. The molecule has 25 heavy (non-hydrogen) atoms. The maximum Gasteiger partial charge on any atom is 0.261 e. The van der Waals surface area contributed by atoms with E-state index in [0.29, 0.717) is 30.0 Å². The summed E-state index contributed by atoms with van der Waals surface area (Å²) >= 11 is 0. The van der Waals surface area contributed by atoms with Gasteiger partial charge in [0.25, 0.3) is 5.89 Å². The number of likely N-dealkylation sites (N-methyl/N-ethyl adjacent to an activating group) is 1. The second-order valence-corrected chi connectivity index (χ2v) is 6.14. The van der Waals surface area contributed by atoms with E-state index >= 15 is 0 Å². The zero-order valence-corrected chi connectivity index (χ0v) is 14.4. The molecule has 9 heteroatoms. The number of anilines is 1. The number of hydrogen-bond acceptors (Lipinski definition) is 9. The highest BCUT2D eigenvalue weighted by Gasteiger charge is 2.32. The van der Waals surface area contributed by atoms with E-state index in [9.17, 15) is 0 Å². The summed E-state index contributed by atoms with van der Waals surface area (Å²) in [6.45, 7) is 5.99. The monoisotopic (exact) mass is 341 g/mol. The molecular formula is C16H19N7O2. The van der Waals surface area contributed by atoms with E-state index < -0.39 is 0 Å². The Balaban J connectivity index is 1.66. The van der Waals surface area contributed by atoms with Crippen molar-refractivity contribution in [3.8, 4) is 11.5 Å². The van der Waals surface area contributed by atoms with E-state index in [2.05, 4.69) is 42.1 Å². The van der Waals surface area contributed by atoms with Crippen LogP contribution in [0, 0.1) is 13.8 Å². The summed E-state index contributed by atoms with van der Waals surface area (Å²) in [6, 6.07) is 3.82. The summed E-state index contributed by atoms with van der Waals surface area (Å²) < 4.78 is 10.7. The standard InChI is InChI=1S/C16H19N7O2/c1-10-18-15(24-20-10)12-5-4-6-17-14(12)23-8-7-22(3)13(9-23)16-19-11(2)21-25-16/h4-6,13H,7-9H2,1-3H3. The van der Waals surface area contributed by atoms with Crippen LogP contribution in [0.1, 0.15) is 23.6 Å². The highest BCUT2D eigenvalue weighted by Crippen LogP contribution is 2.31. The molecule has 0 radical (unpaired) electrons. The van der Waals surface area contributed by atoms with Crippen molar-refractivity contribution in [1.29, 1.82) is 0 Å². The summed E-state index contributed by atoms with van der Waals surface area (Å²) in [5, 5.41) is 7.79. The Bertz CT molecular complexity index is 875. The van der Waals surface area contributed by atoms with Crippen molar-refractivity contribution in [3.05, 3.63) is 35.9 Å². The fraction of sp³-hybridized carbons (Fsp3) is 0.438. The van der Waals surface area contributed by atoms with Gasteiger partial charge in [-0.2, -0.15) is 9.97 Å². The van der Waals surface area contributed by atoms with Crippen molar-refractivity contribution in [2.45, 2.75) is 19.9 Å². The van der Waals surface area contributed by atoms with Crippen LogP contribution >= 0.6 is 0 Å². The van der Waals surface area contributed by atoms with Crippen LogP contribution in [0.2, 0.25) is 0 Å². The number of piperazine rings is 1. The zero-order valence-electron chi connectivity index (χ0n) is 14.4. The van der Waals surface area contributed by atoms with Crippen LogP contribution in [-0.4, -0.2) is 56.8 Å². The van der Waals surface area contributed by atoms with E-state index in [0.717, 1.165) is 24.5 Å². The lowest BCUT2D eigenvalue weighted by Crippen LogP contribution is -2.47. The van der Waals surface area contributed by atoms with Crippen LogP contribution in [0.3, 0.4) is 0 Å². The van der Waals surface area contributed by atoms with Crippen molar-refractivity contribution >= 4 is 5.82 Å².